The maximum atomic E-state index is 6.03. The molecule has 1 heterocycles. The molecular weight excluding hydrogens is 226 g/mol. The van der Waals surface area contributed by atoms with Gasteiger partial charge in [0.25, 0.3) is 0 Å². The molecule has 1 aliphatic carbocycles. The lowest BCUT2D eigenvalue weighted by molar-refractivity contribution is 0.415. The summed E-state index contributed by atoms with van der Waals surface area (Å²) < 4.78 is 7.41. The third-order valence-electron chi connectivity index (χ3n) is 3.90. The maximum absolute atomic E-state index is 6.03. The minimum atomic E-state index is 0.616. The number of benzene rings is 1. The number of imidazole rings is 1. The van der Waals surface area contributed by atoms with E-state index in [1.54, 1.807) is 7.11 Å². The Morgan fingerprint density at radius 1 is 1.39 bits per heavy atom. The summed E-state index contributed by atoms with van der Waals surface area (Å²) in [5, 5.41) is 0. The molecule has 0 atom stereocenters. The Hall–Kier alpha value is -1.71. The van der Waals surface area contributed by atoms with Gasteiger partial charge in [-0.25, -0.2) is 4.98 Å². The molecule has 0 aliphatic heterocycles. The van der Waals surface area contributed by atoms with Crippen LogP contribution in [0.15, 0.2) is 18.2 Å². The molecule has 0 radical (unpaired) electrons. The van der Waals surface area contributed by atoms with E-state index in [1.807, 2.05) is 18.2 Å². The van der Waals surface area contributed by atoms with Crippen molar-refractivity contribution in [2.75, 3.05) is 12.8 Å². The van der Waals surface area contributed by atoms with Gasteiger partial charge >= 0.3 is 0 Å². The van der Waals surface area contributed by atoms with Gasteiger partial charge in [-0.3, -0.25) is 0 Å². The molecule has 96 valence electrons. The number of rotatable bonds is 3. The van der Waals surface area contributed by atoms with Crippen molar-refractivity contribution in [3.8, 4) is 5.75 Å². The molecule has 3 rings (SSSR count). The number of ether oxygens (including phenoxy) is 1. The van der Waals surface area contributed by atoms with Crippen molar-refractivity contribution in [2.45, 2.75) is 32.2 Å². The minimum absolute atomic E-state index is 0.616. The quantitative estimate of drug-likeness (QED) is 0.904. The van der Waals surface area contributed by atoms with Crippen molar-refractivity contribution in [3.05, 3.63) is 18.2 Å². The fraction of sp³-hybridized carbons (Fsp3) is 0.500. The van der Waals surface area contributed by atoms with E-state index in [1.165, 1.54) is 25.7 Å². The van der Waals surface area contributed by atoms with Gasteiger partial charge in [0.2, 0.25) is 5.95 Å². The molecule has 4 heteroatoms. The Morgan fingerprint density at radius 2 is 2.17 bits per heavy atom. The molecule has 0 saturated heterocycles. The molecule has 2 N–H and O–H groups in total. The number of nitrogen functional groups attached to an aromatic ring is 1. The predicted octanol–water partition coefficient (Wildman–Crippen LogP) is 2.82. The highest BCUT2D eigenvalue weighted by molar-refractivity contribution is 5.79. The molecule has 2 aromatic rings. The number of anilines is 1. The Kier molecular flexibility index (Phi) is 2.86. The SMILES string of the molecule is COc1ccc2nc(N)n(CC3CCCC3)c2c1. The lowest BCUT2D eigenvalue weighted by atomic mass is 10.1. The number of methoxy groups -OCH3 is 1. The summed E-state index contributed by atoms with van der Waals surface area (Å²) in [6, 6.07) is 5.91. The van der Waals surface area contributed by atoms with Crippen LogP contribution in [0.2, 0.25) is 0 Å². The van der Waals surface area contributed by atoms with E-state index in [2.05, 4.69) is 9.55 Å². The van der Waals surface area contributed by atoms with Gasteiger partial charge in [-0.1, -0.05) is 12.8 Å². The first-order chi connectivity index (χ1) is 8.78. The summed E-state index contributed by atoms with van der Waals surface area (Å²) >= 11 is 0. The van der Waals surface area contributed by atoms with Gasteiger partial charge < -0.3 is 15.0 Å². The van der Waals surface area contributed by atoms with Gasteiger partial charge in [0.1, 0.15) is 5.75 Å². The zero-order valence-electron chi connectivity index (χ0n) is 10.7. The third-order valence-corrected chi connectivity index (χ3v) is 3.90. The van der Waals surface area contributed by atoms with Crippen molar-refractivity contribution >= 4 is 17.0 Å². The fourth-order valence-electron chi connectivity index (χ4n) is 2.89. The van der Waals surface area contributed by atoms with E-state index in [4.69, 9.17) is 10.5 Å². The molecule has 0 amide bonds. The van der Waals surface area contributed by atoms with Crippen LogP contribution in [0.3, 0.4) is 0 Å². The average molecular weight is 245 g/mol. The molecular formula is C14H19N3O. The second kappa shape index (κ2) is 4.52. The van der Waals surface area contributed by atoms with E-state index in [-0.39, 0.29) is 0 Å². The molecule has 4 nitrogen and oxygen atoms in total. The molecule has 0 unspecified atom stereocenters. The van der Waals surface area contributed by atoms with Gasteiger partial charge in [-0.2, -0.15) is 0 Å². The first kappa shape index (κ1) is 11.4. The zero-order valence-corrected chi connectivity index (χ0v) is 10.7. The van der Waals surface area contributed by atoms with Gasteiger partial charge in [0, 0.05) is 12.6 Å². The maximum Gasteiger partial charge on any atom is 0.201 e. The van der Waals surface area contributed by atoms with Crippen LogP contribution in [0.1, 0.15) is 25.7 Å². The number of hydrogen-bond donors (Lipinski definition) is 1. The van der Waals surface area contributed by atoms with Gasteiger partial charge in [0.05, 0.1) is 18.1 Å². The number of aromatic nitrogens is 2. The number of nitrogens with zero attached hydrogens (tertiary/aromatic N) is 2. The largest absolute Gasteiger partial charge is 0.497 e. The van der Waals surface area contributed by atoms with Crippen LogP contribution in [-0.2, 0) is 6.54 Å². The van der Waals surface area contributed by atoms with E-state index in [0.29, 0.717) is 5.95 Å². The van der Waals surface area contributed by atoms with Crippen molar-refractivity contribution in [2.24, 2.45) is 5.92 Å². The van der Waals surface area contributed by atoms with Crippen molar-refractivity contribution < 1.29 is 4.74 Å². The second-order valence-corrected chi connectivity index (χ2v) is 5.09. The standard InChI is InChI=1S/C14H19N3O/c1-18-11-6-7-12-13(8-11)17(14(15)16-12)9-10-4-2-3-5-10/h6-8,10H,2-5,9H2,1H3,(H2,15,16). The summed E-state index contributed by atoms with van der Waals surface area (Å²) in [6.07, 6.45) is 5.31. The van der Waals surface area contributed by atoms with E-state index in [0.717, 1.165) is 29.2 Å². The Labute approximate surface area is 107 Å². The van der Waals surface area contributed by atoms with Crippen LogP contribution in [0, 0.1) is 5.92 Å². The Morgan fingerprint density at radius 3 is 2.89 bits per heavy atom. The monoisotopic (exact) mass is 245 g/mol. The summed E-state index contributed by atoms with van der Waals surface area (Å²) in [7, 11) is 1.68. The topological polar surface area (TPSA) is 53.1 Å². The molecule has 1 saturated carbocycles. The van der Waals surface area contributed by atoms with Gasteiger partial charge in [-0.05, 0) is 30.9 Å². The van der Waals surface area contributed by atoms with E-state index in [9.17, 15) is 0 Å². The Balaban J connectivity index is 2.00. The number of hydrogen-bond acceptors (Lipinski definition) is 3. The highest BCUT2D eigenvalue weighted by atomic mass is 16.5. The second-order valence-electron chi connectivity index (χ2n) is 5.09. The smallest absolute Gasteiger partial charge is 0.201 e. The zero-order chi connectivity index (χ0) is 12.5. The van der Waals surface area contributed by atoms with Crippen LogP contribution in [-0.4, -0.2) is 16.7 Å². The summed E-state index contributed by atoms with van der Waals surface area (Å²) in [4.78, 5) is 4.42. The van der Waals surface area contributed by atoms with Gasteiger partial charge in [-0.15, -0.1) is 0 Å². The molecule has 0 spiro atoms. The summed E-state index contributed by atoms with van der Waals surface area (Å²) in [5.74, 6) is 2.22. The molecule has 1 aliphatic rings. The predicted molar refractivity (Wildman–Crippen MR) is 72.7 cm³/mol. The first-order valence-corrected chi connectivity index (χ1v) is 6.57. The highest BCUT2D eigenvalue weighted by Crippen LogP contribution is 2.30. The minimum Gasteiger partial charge on any atom is -0.497 e. The van der Waals surface area contributed by atoms with Crippen LogP contribution in [0.5, 0.6) is 5.75 Å². The lowest BCUT2D eigenvalue weighted by Gasteiger charge is -2.12. The van der Waals surface area contributed by atoms with Gasteiger partial charge in [0.15, 0.2) is 0 Å². The molecule has 18 heavy (non-hydrogen) atoms. The van der Waals surface area contributed by atoms with Crippen molar-refractivity contribution in [3.63, 3.8) is 0 Å². The summed E-state index contributed by atoms with van der Waals surface area (Å²) in [6.45, 7) is 0.982. The molecule has 1 aromatic heterocycles. The van der Waals surface area contributed by atoms with Crippen LogP contribution >= 0.6 is 0 Å². The highest BCUT2D eigenvalue weighted by Gasteiger charge is 2.18. The van der Waals surface area contributed by atoms with E-state index < -0.39 is 0 Å². The first-order valence-electron chi connectivity index (χ1n) is 6.57. The normalized spacial score (nSPS) is 16.5. The van der Waals surface area contributed by atoms with Crippen LogP contribution in [0.4, 0.5) is 5.95 Å². The Bertz CT molecular complexity index is 555. The number of nitrogens with two attached hydrogens (primary N) is 1. The number of fused-ring (bicyclic) bond motifs is 1. The van der Waals surface area contributed by atoms with Crippen LogP contribution in [0.25, 0.3) is 11.0 Å². The van der Waals surface area contributed by atoms with Crippen molar-refractivity contribution in [1.29, 1.82) is 0 Å². The lowest BCUT2D eigenvalue weighted by Crippen LogP contribution is -2.10. The van der Waals surface area contributed by atoms with Crippen LogP contribution < -0.4 is 10.5 Å². The average Bonchev–Trinajstić information content (AvgIpc) is 2.99. The molecule has 0 bridgehead atoms. The summed E-state index contributed by atoms with van der Waals surface area (Å²) in [5.41, 5.74) is 8.07. The van der Waals surface area contributed by atoms with Crippen molar-refractivity contribution in [1.82, 2.24) is 9.55 Å². The molecule has 1 fully saturated rings. The third kappa shape index (κ3) is 1.92. The fourth-order valence-corrected chi connectivity index (χ4v) is 2.89. The van der Waals surface area contributed by atoms with E-state index >= 15 is 0 Å². The molecule has 1 aromatic carbocycles.